The molecule has 1 saturated heterocycles. The number of anilines is 1. The summed E-state index contributed by atoms with van der Waals surface area (Å²) in [5, 5.41) is 12.0. The summed E-state index contributed by atoms with van der Waals surface area (Å²) in [5.74, 6) is 0.275. The summed E-state index contributed by atoms with van der Waals surface area (Å²) in [6.45, 7) is 3.78. The van der Waals surface area contributed by atoms with Gasteiger partial charge in [-0.3, -0.25) is 10.1 Å². The Morgan fingerprint density at radius 1 is 1.22 bits per heavy atom. The summed E-state index contributed by atoms with van der Waals surface area (Å²) in [7, 11) is 0. The van der Waals surface area contributed by atoms with Crippen molar-refractivity contribution in [3.05, 3.63) is 46.8 Å². The number of hydrogen-bond acceptors (Lipinski definition) is 8. The summed E-state index contributed by atoms with van der Waals surface area (Å²) in [6.07, 6.45) is 0.973. The predicted molar refractivity (Wildman–Crippen MR) is 100 cm³/mol. The van der Waals surface area contributed by atoms with Gasteiger partial charge in [-0.2, -0.15) is 0 Å². The van der Waals surface area contributed by atoms with Crippen LogP contribution >= 0.6 is 11.8 Å². The molecular formula is C17H19N5O4S. The van der Waals surface area contributed by atoms with Crippen LogP contribution in [-0.4, -0.2) is 58.7 Å². The van der Waals surface area contributed by atoms with Gasteiger partial charge in [0.05, 0.1) is 11.5 Å². The molecule has 1 aliphatic rings. The highest BCUT2D eigenvalue weighted by atomic mass is 32.2. The van der Waals surface area contributed by atoms with Crippen LogP contribution in [0.3, 0.4) is 0 Å². The number of rotatable bonds is 5. The molecule has 3 rings (SSSR count). The SMILES string of the molecule is CCOC(=O)N1CCN(c2ncnc(Sc3ccccc3)c2[N+](=O)[O-])CC1. The number of aromatic nitrogens is 2. The Bertz CT molecular complexity index is 812. The zero-order valence-corrected chi connectivity index (χ0v) is 15.6. The molecule has 0 saturated carbocycles. The second-order valence-electron chi connectivity index (χ2n) is 5.70. The van der Waals surface area contributed by atoms with Gasteiger partial charge in [-0.25, -0.2) is 14.8 Å². The summed E-state index contributed by atoms with van der Waals surface area (Å²) in [4.78, 5) is 35.6. The highest BCUT2D eigenvalue weighted by molar-refractivity contribution is 7.99. The Balaban J connectivity index is 1.81. The van der Waals surface area contributed by atoms with Gasteiger partial charge in [0.2, 0.25) is 5.82 Å². The van der Waals surface area contributed by atoms with Gasteiger partial charge in [-0.15, -0.1) is 0 Å². The lowest BCUT2D eigenvalue weighted by molar-refractivity contribution is -0.387. The lowest BCUT2D eigenvalue weighted by atomic mass is 10.3. The number of nitro groups is 1. The monoisotopic (exact) mass is 389 g/mol. The van der Waals surface area contributed by atoms with Crippen LogP contribution in [0.4, 0.5) is 16.3 Å². The highest BCUT2D eigenvalue weighted by Gasteiger charge is 2.30. The van der Waals surface area contributed by atoms with Crippen LogP contribution in [-0.2, 0) is 4.74 Å². The molecule has 0 atom stereocenters. The molecule has 1 amide bonds. The Labute approximate surface area is 160 Å². The molecule has 0 N–H and O–H groups in total. The lowest BCUT2D eigenvalue weighted by Gasteiger charge is -2.34. The number of benzene rings is 1. The first-order valence-corrected chi connectivity index (χ1v) is 9.30. The zero-order valence-electron chi connectivity index (χ0n) is 14.8. The third kappa shape index (κ3) is 4.45. The van der Waals surface area contributed by atoms with Crippen molar-refractivity contribution in [3.63, 3.8) is 0 Å². The Morgan fingerprint density at radius 3 is 2.56 bits per heavy atom. The van der Waals surface area contributed by atoms with Gasteiger partial charge in [0, 0.05) is 31.1 Å². The van der Waals surface area contributed by atoms with Crippen LogP contribution in [0, 0.1) is 10.1 Å². The largest absolute Gasteiger partial charge is 0.450 e. The molecule has 27 heavy (non-hydrogen) atoms. The maximum Gasteiger partial charge on any atom is 0.409 e. The van der Waals surface area contributed by atoms with Crippen LogP contribution < -0.4 is 4.90 Å². The first-order valence-electron chi connectivity index (χ1n) is 8.49. The summed E-state index contributed by atoms with van der Waals surface area (Å²) in [5.41, 5.74) is -0.115. The number of amides is 1. The van der Waals surface area contributed by atoms with Crippen molar-refractivity contribution < 1.29 is 14.5 Å². The van der Waals surface area contributed by atoms with Gasteiger partial charge in [-0.05, 0) is 19.1 Å². The molecule has 0 unspecified atom stereocenters. The van der Waals surface area contributed by atoms with Crippen molar-refractivity contribution in [2.24, 2.45) is 0 Å². The van der Waals surface area contributed by atoms with E-state index in [0.717, 1.165) is 4.90 Å². The van der Waals surface area contributed by atoms with Gasteiger partial charge in [0.25, 0.3) is 0 Å². The minimum Gasteiger partial charge on any atom is -0.450 e. The molecule has 9 nitrogen and oxygen atoms in total. The van der Waals surface area contributed by atoms with E-state index in [1.165, 1.54) is 18.1 Å². The van der Waals surface area contributed by atoms with E-state index in [9.17, 15) is 14.9 Å². The second kappa shape index (κ2) is 8.67. The normalized spacial score (nSPS) is 14.1. The zero-order chi connectivity index (χ0) is 19.2. The van der Waals surface area contributed by atoms with Gasteiger partial charge < -0.3 is 14.5 Å². The van der Waals surface area contributed by atoms with Crippen molar-refractivity contribution in [2.45, 2.75) is 16.8 Å². The van der Waals surface area contributed by atoms with Gasteiger partial charge in [0.1, 0.15) is 6.33 Å². The molecule has 0 aliphatic carbocycles. The first-order chi connectivity index (χ1) is 13.1. The van der Waals surface area contributed by atoms with E-state index >= 15 is 0 Å². The summed E-state index contributed by atoms with van der Waals surface area (Å²) < 4.78 is 5.00. The second-order valence-corrected chi connectivity index (χ2v) is 6.76. The quantitative estimate of drug-likeness (QED) is 0.437. The molecule has 1 aromatic carbocycles. The van der Waals surface area contributed by atoms with Crippen molar-refractivity contribution in [1.29, 1.82) is 0 Å². The number of carbonyl (C=O) groups excluding carboxylic acids is 1. The minimum absolute atomic E-state index is 0.115. The summed E-state index contributed by atoms with van der Waals surface area (Å²) in [6, 6.07) is 9.35. The third-order valence-corrected chi connectivity index (χ3v) is 5.01. The van der Waals surface area contributed by atoms with Gasteiger partial charge in [0.15, 0.2) is 5.03 Å². The Morgan fingerprint density at radius 2 is 1.93 bits per heavy atom. The first kappa shape index (κ1) is 18.9. The van der Waals surface area contributed by atoms with Crippen LogP contribution in [0.25, 0.3) is 0 Å². The molecule has 1 aromatic heterocycles. The predicted octanol–water partition coefficient (Wildman–Crippen LogP) is 2.81. The number of carbonyl (C=O) groups is 1. The molecule has 0 radical (unpaired) electrons. The van der Waals surface area contributed by atoms with E-state index in [1.807, 2.05) is 35.2 Å². The Kier molecular flexibility index (Phi) is 6.07. The van der Waals surface area contributed by atoms with Crippen molar-refractivity contribution >= 4 is 29.4 Å². The van der Waals surface area contributed by atoms with E-state index in [4.69, 9.17) is 4.74 Å². The minimum atomic E-state index is -0.446. The van der Waals surface area contributed by atoms with Crippen LogP contribution in [0.1, 0.15) is 6.92 Å². The van der Waals surface area contributed by atoms with E-state index < -0.39 is 4.92 Å². The van der Waals surface area contributed by atoms with Crippen LogP contribution in [0.15, 0.2) is 46.6 Å². The maximum absolute atomic E-state index is 11.8. The highest BCUT2D eigenvalue weighted by Crippen LogP contribution is 2.38. The van der Waals surface area contributed by atoms with Crippen molar-refractivity contribution in [3.8, 4) is 0 Å². The summed E-state index contributed by atoms with van der Waals surface area (Å²) >= 11 is 1.23. The van der Waals surface area contributed by atoms with Gasteiger partial charge in [-0.1, -0.05) is 30.0 Å². The average Bonchev–Trinajstić information content (AvgIpc) is 2.69. The number of piperazine rings is 1. The van der Waals surface area contributed by atoms with E-state index in [0.29, 0.717) is 37.8 Å². The van der Waals surface area contributed by atoms with Crippen LogP contribution in [0.5, 0.6) is 0 Å². The Hall–Kier alpha value is -2.88. The maximum atomic E-state index is 11.8. The third-order valence-electron chi connectivity index (χ3n) is 4.01. The average molecular weight is 389 g/mol. The van der Waals surface area contributed by atoms with Crippen molar-refractivity contribution in [2.75, 3.05) is 37.7 Å². The molecule has 2 aromatic rings. The van der Waals surface area contributed by atoms with Crippen molar-refractivity contribution in [1.82, 2.24) is 14.9 Å². The molecule has 2 heterocycles. The fourth-order valence-corrected chi connectivity index (χ4v) is 3.61. The number of ether oxygens (including phenoxy) is 1. The van der Waals surface area contributed by atoms with Crippen LogP contribution in [0.2, 0.25) is 0 Å². The molecule has 1 fully saturated rings. The standard InChI is InChI=1S/C17H19N5O4S/c1-2-26-17(23)21-10-8-20(9-11-21)15-14(22(24)25)16(19-12-18-15)27-13-6-4-3-5-7-13/h3-7,12H,2,8-11H2,1H3. The van der Waals surface area contributed by atoms with E-state index in [-0.39, 0.29) is 17.6 Å². The number of nitrogens with zero attached hydrogens (tertiary/aromatic N) is 5. The molecular weight excluding hydrogens is 370 g/mol. The fourth-order valence-electron chi connectivity index (χ4n) is 2.74. The van der Waals surface area contributed by atoms with E-state index in [2.05, 4.69) is 9.97 Å². The topological polar surface area (TPSA) is 102 Å². The molecule has 142 valence electrons. The lowest BCUT2D eigenvalue weighted by Crippen LogP contribution is -2.49. The molecule has 1 aliphatic heterocycles. The molecule has 0 bridgehead atoms. The van der Waals surface area contributed by atoms with Gasteiger partial charge >= 0.3 is 11.8 Å². The molecule has 0 spiro atoms. The number of hydrogen-bond donors (Lipinski definition) is 0. The van der Waals surface area contributed by atoms with E-state index in [1.54, 1.807) is 11.8 Å². The molecule has 10 heteroatoms. The smallest absolute Gasteiger partial charge is 0.409 e. The fraction of sp³-hybridized carbons (Fsp3) is 0.353.